The van der Waals surface area contributed by atoms with Crippen LogP contribution >= 0.6 is 11.6 Å². The van der Waals surface area contributed by atoms with Crippen LogP contribution in [0.25, 0.3) is 11.3 Å². The van der Waals surface area contributed by atoms with Crippen LogP contribution in [0.3, 0.4) is 0 Å². The number of aromatic nitrogens is 1. The Balaban J connectivity index is 1.59. The predicted octanol–water partition coefficient (Wildman–Crippen LogP) is 4.58. The Bertz CT molecular complexity index is 922. The Kier molecular flexibility index (Phi) is 5.98. The van der Waals surface area contributed by atoms with E-state index in [4.69, 9.17) is 25.5 Å². The molecule has 1 N–H and O–H groups in total. The largest absolute Gasteiger partial charge is 0.497 e. The number of benzene rings is 2. The van der Waals surface area contributed by atoms with Crippen molar-refractivity contribution in [3.8, 4) is 22.8 Å². The summed E-state index contributed by atoms with van der Waals surface area (Å²) in [6.45, 7) is 0. The number of nitrogens with one attached hydrogen (secondary N) is 1. The third-order valence-corrected chi connectivity index (χ3v) is 4.18. The fourth-order valence-electron chi connectivity index (χ4n) is 2.51. The molecule has 0 saturated carbocycles. The summed E-state index contributed by atoms with van der Waals surface area (Å²) in [6.07, 6.45) is 2.26. The molecule has 0 saturated heterocycles. The van der Waals surface area contributed by atoms with Gasteiger partial charge >= 0.3 is 0 Å². The highest BCUT2D eigenvalue weighted by molar-refractivity contribution is 6.30. The Morgan fingerprint density at radius 3 is 2.63 bits per heavy atom. The number of ether oxygens (including phenoxy) is 2. The number of hydrogen-bond acceptors (Lipinski definition) is 5. The van der Waals surface area contributed by atoms with Crippen LogP contribution < -0.4 is 14.8 Å². The lowest BCUT2D eigenvalue weighted by atomic mass is 10.2. The van der Waals surface area contributed by atoms with Crippen LogP contribution in [0.4, 0.5) is 5.69 Å². The number of carbonyl (C=O) groups excluding carboxylic acids is 1. The lowest BCUT2D eigenvalue weighted by molar-refractivity contribution is -0.116. The summed E-state index contributed by atoms with van der Waals surface area (Å²) in [5.74, 6) is 2.16. The molecule has 0 bridgehead atoms. The molecular formula is C20H19ClN2O4. The molecule has 2 aromatic carbocycles. The zero-order valence-electron chi connectivity index (χ0n) is 15.0. The van der Waals surface area contributed by atoms with Crippen LogP contribution in [-0.2, 0) is 11.2 Å². The van der Waals surface area contributed by atoms with Gasteiger partial charge < -0.3 is 19.2 Å². The number of aryl methyl sites for hydroxylation is 1. The van der Waals surface area contributed by atoms with E-state index in [-0.39, 0.29) is 12.3 Å². The van der Waals surface area contributed by atoms with Gasteiger partial charge in [-0.15, -0.1) is 0 Å². The summed E-state index contributed by atoms with van der Waals surface area (Å²) in [5.41, 5.74) is 1.46. The fraction of sp³-hybridized carbons (Fsp3) is 0.200. The Labute approximate surface area is 162 Å². The van der Waals surface area contributed by atoms with Crippen LogP contribution in [-0.4, -0.2) is 25.1 Å². The Morgan fingerprint density at radius 1 is 1.15 bits per heavy atom. The number of nitrogens with zero attached hydrogens (tertiary/aromatic N) is 1. The number of halogens is 1. The van der Waals surface area contributed by atoms with E-state index in [1.54, 1.807) is 43.6 Å². The molecule has 0 spiro atoms. The van der Waals surface area contributed by atoms with Gasteiger partial charge in [-0.3, -0.25) is 4.79 Å². The number of oxazole rings is 1. The minimum Gasteiger partial charge on any atom is -0.497 e. The number of amides is 1. The normalized spacial score (nSPS) is 10.5. The van der Waals surface area contributed by atoms with Gasteiger partial charge in [0, 0.05) is 29.5 Å². The first-order valence-corrected chi connectivity index (χ1v) is 8.69. The van der Waals surface area contributed by atoms with Gasteiger partial charge in [-0.2, -0.15) is 0 Å². The summed E-state index contributed by atoms with van der Waals surface area (Å²) < 4.78 is 16.1. The van der Waals surface area contributed by atoms with E-state index in [0.717, 1.165) is 5.56 Å². The molecule has 140 valence electrons. The van der Waals surface area contributed by atoms with Gasteiger partial charge in [-0.1, -0.05) is 11.6 Å². The van der Waals surface area contributed by atoms with Gasteiger partial charge in [0.2, 0.25) is 5.91 Å². The zero-order chi connectivity index (χ0) is 19.2. The molecule has 0 aliphatic carbocycles. The quantitative estimate of drug-likeness (QED) is 0.643. The molecule has 1 heterocycles. The second-order valence-corrected chi connectivity index (χ2v) is 6.18. The van der Waals surface area contributed by atoms with Crippen molar-refractivity contribution in [2.75, 3.05) is 19.5 Å². The van der Waals surface area contributed by atoms with Crippen LogP contribution in [0, 0.1) is 0 Å². The topological polar surface area (TPSA) is 73.6 Å². The molecule has 0 aliphatic heterocycles. The number of methoxy groups -OCH3 is 2. The third-order valence-electron chi connectivity index (χ3n) is 3.93. The lowest BCUT2D eigenvalue weighted by Gasteiger charge is -2.11. The molecule has 0 atom stereocenters. The van der Waals surface area contributed by atoms with Crippen molar-refractivity contribution in [2.45, 2.75) is 12.8 Å². The minimum atomic E-state index is -0.162. The molecule has 3 rings (SSSR count). The maximum Gasteiger partial charge on any atom is 0.224 e. The Hall–Kier alpha value is -2.99. The van der Waals surface area contributed by atoms with E-state index in [0.29, 0.717) is 40.3 Å². The van der Waals surface area contributed by atoms with Gasteiger partial charge in [0.05, 0.1) is 26.1 Å². The molecule has 6 nitrogen and oxygen atoms in total. The van der Waals surface area contributed by atoms with Crippen molar-refractivity contribution in [3.63, 3.8) is 0 Å². The van der Waals surface area contributed by atoms with Gasteiger partial charge in [0.25, 0.3) is 0 Å². The highest BCUT2D eigenvalue weighted by Gasteiger charge is 2.12. The van der Waals surface area contributed by atoms with Crippen molar-refractivity contribution in [3.05, 3.63) is 59.6 Å². The second-order valence-electron chi connectivity index (χ2n) is 5.74. The SMILES string of the molecule is COc1ccc(NC(=O)CCc2ncc(-c3ccc(Cl)cc3)o2)c(OC)c1. The van der Waals surface area contributed by atoms with Crippen LogP contribution in [0.1, 0.15) is 12.3 Å². The van der Waals surface area contributed by atoms with E-state index in [1.165, 1.54) is 7.11 Å². The number of rotatable bonds is 7. The first-order chi connectivity index (χ1) is 13.1. The molecule has 3 aromatic rings. The Morgan fingerprint density at radius 2 is 1.93 bits per heavy atom. The highest BCUT2D eigenvalue weighted by Crippen LogP contribution is 2.29. The summed E-state index contributed by atoms with van der Waals surface area (Å²) >= 11 is 5.89. The summed E-state index contributed by atoms with van der Waals surface area (Å²) in [5, 5.41) is 3.48. The van der Waals surface area contributed by atoms with Crippen molar-refractivity contribution in [2.24, 2.45) is 0 Å². The lowest BCUT2D eigenvalue weighted by Crippen LogP contribution is -2.13. The van der Waals surface area contributed by atoms with E-state index in [2.05, 4.69) is 10.3 Å². The molecule has 0 aliphatic rings. The summed E-state index contributed by atoms with van der Waals surface area (Å²) in [4.78, 5) is 16.5. The van der Waals surface area contributed by atoms with Crippen molar-refractivity contribution < 1.29 is 18.7 Å². The maximum absolute atomic E-state index is 12.2. The molecule has 0 radical (unpaired) electrons. The number of anilines is 1. The van der Waals surface area contributed by atoms with Crippen molar-refractivity contribution >= 4 is 23.2 Å². The number of hydrogen-bond donors (Lipinski definition) is 1. The van der Waals surface area contributed by atoms with Crippen LogP contribution in [0.5, 0.6) is 11.5 Å². The monoisotopic (exact) mass is 386 g/mol. The van der Waals surface area contributed by atoms with Crippen LogP contribution in [0.2, 0.25) is 5.02 Å². The highest BCUT2D eigenvalue weighted by atomic mass is 35.5. The van der Waals surface area contributed by atoms with Gasteiger partial charge in [-0.25, -0.2) is 4.98 Å². The van der Waals surface area contributed by atoms with Gasteiger partial charge in [0.1, 0.15) is 11.5 Å². The average Bonchev–Trinajstić information content (AvgIpc) is 3.16. The van der Waals surface area contributed by atoms with E-state index >= 15 is 0 Å². The first-order valence-electron chi connectivity index (χ1n) is 8.31. The maximum atomic E-state index is 12.2. The molecular weight excluding hydrogens is 368 g/mol. The molecule has 0 fully saturated rings. The minimum absolute atomic E-state index is 0.162. The molecule has 7 heteroatoms. The van der Waals surface area contributed by atoms with E-state index in [9.17, 15) is 4.79 Å². The second kappa shape index (κ2) is 8.60. The number of carbonyl (C=O) groups is 1. The van der Waals surface area contributed by atoms with E-state index < -0.39 is 0 Å². The standard InChI is InChI=1S/C20H19ClN2O4/c1-25-15-7-8-16(17(11-15)26-2)23-19(24)9-10-20-22-12-18(27-20)13-3-5-14(21)6-4-13/h3-8,11-12H,9-10H2,1-2H3,(H,23,24). The average molecular weight is 387 g/mol. The smallest absolute Gasteiger partial charge is 0.224 e. The molecule has 1 aromatic heterocycles. The zero-order valence-corrected chi connectivity index (χ0v) is 15.7. The van der Waals surface area contributed by atoms with Crippen molar-refractivity contribution in [1.82, 2.24) is 4.98 Å². The van der Waals surface area contributed by atoms with E-state index in [1.807, 2.05) is 12.1 Å². The fourth-order valence-corrected chi connectivity index (χ4v) is 2.63. The van der Waals surface area contributed by atoms with Gasteiger partial charge in [0.15, 0.2) is 11.7 Å². The van der Waals surface area contributed by atoms with Crippen LogP contribution in [0.15, 0.2) is 53.1 Å². The molecule has 1 amide bonds. The molecule has 0 unspecified atom stereocenters. The summed E-state index contributed by atoms with van der Waals surface area (Å²) in [6, 6.07) is 12.5. The first kappa shape index (κ1) is 18.8. The third kappa shape index (κ3) is 4.80. The summed E-state index contributed by atoms with van der Waals surface area (Å²) in [7, 11) is 3.11. The molecule has 27 heavy (non-hydrogen) atoms. The van der Waals surface area contributed by atoms with Gasteiger partial charge in [-0.05, 0) is 36.4 Å². The predicted molar refractivity (Wildman–Crippen MR) is 103 cm³/mol. The van der Waals surface area contributed by atoms with Crippen molar-refractivity contribution in [1.29, 1.82) is 0 Å².